The molecule has 3 aromatic rings. The zero-order chi connectivity index (χ0) is 22.0. The van der Waals surface area contributed by atoms with Gasteiger partial charge >= 0.3 is 0 Å². The first-order chi connectivity index (χ1) is 14.9. The van der Waals surface area contributed by atoms with Crippen molar-refractivity contribution in [3.8, 4) is 11.3 Å². The molecular weight excluding hydrogens is 420 g/mol. The first-order valence-corrected chi connectivity index (χ1v) is 9.97. The lowest BCUT2D eigenvalue weighted by molar-refractivity contribution is -0.384. The molecular formula is C21H18N4O5S. The van der Waals surface area contributed by atoms with Gasteiger partial charge < -0.3 is 14.2 Å². The molecule has 158 valence electrons. The molecule has 0 bridgehead atoms. The monoisotopic (exact) mass is 438 g/mol. The quantitative estimate of drug-likeness (QED) is 0.330. The van der Waals surface area contributed by atoms with Crippen LogP contribution in [0.5, 0.6) is 0 Å². The zero-order valence-corrected chi connectivity index (χ0v) is 17.2. The molecule has 9 nitrogen and oxygen atoms in total. The van der Waals surface area contributed by atoms with Crippen LogP contribution < -0.4 is 4.90 Å². The summed E-state index contributed by atoms with van der Waals surface area (Å²) >= 11 is 5.59. The highest BCUT2D eigenvalue weighted by Crippen LogP contribution is 2.31. The van der Waals surface area contributed by atoms with Gasteiger partial charge in [0.1, 0.15) is 10.7 Å². The van der Waals surface area contributed by atoms with Crippen molar-refractivity contribution in [2.45, 2.75) is 0 Å². The van der Waals surface area contributed by atoms with Crippen molar-refractivity contribution in [2.24, 2.45) is 0 Å². The Morgan fingerprint density at radius 1 is 0.903 bits per heavy atom. The molecule has 2 heterocycles. The van der Waals surface area contributed by atoms with Gasteiger partial charge in [0, 0.05) is 50.1 Å². The minimum absolute atomic E-state index is 0.0279. The van der Waals surface area contributed by atoms with Gasteiger partial charge in [-0.1, -0.05) is 30.4 Å². The molecule has 4 rings (SSSR count). The molecule has 0 saturated carbocycles. The molecule has 10 heteroatoms. The maximum absolute atomic E-state index is 11.3. The van der Waals surface area contributed by atoms with E-state index in [2.05, 4.69) is 4.90 Å². The number of thiocarbonyl (C=S) groups is 1. The summed E-state index contributed by atoms with van der Waals surface area (Å²) in [7, 11) is 0. The van der Waals surface area contributed by atoms with Gasteiger partial charge in [0.2, 0.25) is 0 Å². The summed E-state index contributed by atoms with van der Waals surface area (Å²) < 4.78 is 5.85. The summed E-state index contributed by atoms with van der Waals surface area (Å²) in [5, 5.41) is 22.3. The highest BCUT2D eigenvalue weighted by molar-refractivity contribution is 7.80. The van der Waals surface area contributed by atoms with Crippen molar-refractivity contribution >= 4 is 34.3 Å². The molecule has 1 aliphatic rings. The van der Waals surface area contributed by atoms with Crippen LogP contribution in [0.25, 0.3) is 11.3 Å². The molecule has 0 aliphatic carbocycles. The topological polar surface area (TPSA) is 106 Å². The highest BCUT2D eigenvalue weighted by atomic mass is 32.1. The van der Waals surface area contributed by atoms with Crippen molar-refractivity contribution in [2.75, 3.05) is 31.1 Å². The predicted octanol–water partition coefficient (Wildman–Crippen LogP) is 4.26. The third-order valence-electron chi connectivity index (χ3n) is 5.16. The van der Waals surface area contributed by atoms with Crippen molar-refractivity contribution in [1.29, 1.82) is 0 Å². The molecule has 0 unspecified atom stereocenters. The molecule has 0 atom stereocenters. The number of nitro benzene ring substituents is 2. The van der Waals surface area contributed by atoms with Gasteiger partial charge in [-0.15, -0.1) is 0 Å². The maximum atomic E-state index is 11.3. The van der Waals surface area contributed by atoms with Crippen LogP contribution in [0.2, 0.25) is 0 Å². The molecule has 0 N–H and O–H groups in total. The van der Waals surface area contributed by atoms with E-state index in [0.29, 0.717) is 48.3 Å². The van der Waals surface area contributed by atoms with Crippen LogP contribution in [-0.2, 0) is 0 Å². The Balaban J connectivity index is 1.45. The molecule has 1 aromatic heterocycles. The van der Waals surface area contributed by atoms with Crippen LogP contribution in [0, 0.1) is 20.2 Å². The van der Waals surface area contributed by atoms with E-state index in [-0.39, 0.29) is 11.4 Å². The van der Waals surface area contributed by atoms with Gasteiger partial charge in [0.25, 0.3) is 11.4 Å². The Hall–Kier alpha value is -3.79. The van der Waals surface area contributed by atoms with Gasteiger partial charge in [-0.3, -0.25) is 20.2 Å². The number of rotatable bonds is 5. The molecule has 0 amide bonds. The van der Waals surface area contributed by atoms with Crippen LogP contribution in [0.4, 0.5) is 17.1 Å². The van der Waals surface area contributed by atoms with Gasteiger partial charge in [0.15, 0.2) is 5.76 Å². The lowest BCUT2D eigenvalue weighted by Gasteiger charge is -2.36. The average molecular weight is 438 g/mol. The van der Waals surface area contributed by atoms with Crippen LogP contribution in [0.3, 0.4) is 0 Å². The number of hydrogen-bond donors (Lipinski definition) is 0. The number of furan rings is 1. The van der Waals surface area contributed by atoms with Crippen molar-refractivity contribution in [1.82, 2.24) is 4.90 Å². The number of para-hydroxylation sites is 1. The Labute approximate surface area is 182 Å². The van der Waals surface area contributed by atoms with Crippen molar-refractivity contribution in [3.05, 3.63) is 86.7 Å². The summed E-state index contributed by atoms with van der Waals surface area (Å²) in [6.07, 6.45) is 0. The van der Waals surface area contributed by atoms with E-state index < -0.39 is 9.85 Å². The van der Waals surface area contributed by atoms with E-state index in [0.717, 1.165) is 5.69 Å². The Bertz CT molecular complexity index is 1150. The third kappa shape index (κ3) is 4.24. The molecule has 2 aromatic carbocycles. The Kier molecular flexibility index (Phi) is 5.63. The summed E-state index contributed by atoms with van der Waals surface area (Å²) in [6, 6.07) is 16.4. The predicted molar refractivity (Wildman–Crippen MR) is 119 cm³/mol. The first kappa shape index (κ1) is 20.5. The lowest BCUT2D eigenvalue weighted by Crippen LogP contribution is -2.48. The maximum Gasteiger partial charge on any atom is 0.280 e. The second-order valence-corrected chi connectivity index (χ2v) is 7.38. The minimum Gasteiger partial charge on any atom is -0.453 e. The Morgan fingerprint density at radius 2 is 1.65 bits per heavy atom. The van der Waals surface area contributed by atoms with E-state index in [1.165, 1.54) is 12.1 Å². The SMILES string of the molecule is O=[N+]([O-])c1cccc(N2CCN(C(=S)c3ccc(-c4ccccc4[N+](=O)[O-])o3)CC2)c1. The first-order valence-electron chi connectivity index (χ1n) is 9.56. The van der Waals surface area contributed by atoms with Gasteiger partial charge in [-0.2, -0.15) is 0 Å². The largest absolute Gasteiger partial charge is 0.453 e. The van der Waals surface area contributed by atoms with Crippen LogP contribution in [-0.4, -0.2) is 45.9 Å². The average Bonchev–Trinajstić information content (AvgIpc) is 3.29. The number of anilines is 1. The summed E-state index contributed by atoms with van der Waals surface area (Å²) in [5.41, 5.74) is 1.24. The smallest absolute Gasteiger partial charge is 0.280 e. The van der Waals surface area contributed by atoms with E-state index in [1.54, 1.807) is 42.5 Å². The normalized spacial score (nSPS) is 13.8. The molecule has 1 fully saturated rings. The number of nitro groups is 2. The highest BCUT2D eigenvalue weighted by Gasteiger charge is 2.24. The minimum atomic E-state index is -0.441. The molecule has 1 saturated heterocycles. The standard InChI is InChI=1S/C21H18N4O5S/c26-24(27)16-5-3-4-15(14-16)22-10-12-23(13-11-22)21(31)20-9-8-19(30-20)17-6-1-2-7-18(17)25(28)29/h1-9,14H,10-13H2. The van der Waals surface area contributed by atoms with Gasteiger partial charge in [-0.05, 0) is 24.3 Å². The van der Waals surface area contributed by atoms with Crippen LogP contribution in [0.15, 0.2) is 65.1 Å². The summed E-state index contributed by atoms with van der Waals surface area (Å²) in [6.45, 7) is 2.56. The van der Waals surface area contributed by atoms with Gasteiger partial charge in [-0.25, -0.2) is 0 Å². The van der Waals surface area contributed by atoms with Crippen molar-refractivity contribution < 1.29 is 14.3 Å². The summed E-state index contributed by atoms with van der Waals surface area (Å²) in [4.78, 5) is 26.1. The van der Waals surface area contributed by atoms with Gasteiger partial charge in [0.05, 0.1) is 15.4 Å². The van der Waals surface area contributed by atoms with E-state index in [4.69, 9.17) is 16.6 Å². The molecule has 0 spiro atoms. The van der Waals surface area contributed by atoms with E-state index in [1.807, 2.05) is 11.0 Å². The number of nitrogens with zero attached hydrogens (tertiary/aromatic N) is 4. The second-order valence-electron chi connectivity index (χ2n) is 6.99. The van der Waals surface area contributed by atoms with E-state index in [9.17, 15) is 20.2 Å². The molecule has 0 radical (unpaired) electrons. The van der Waals surface area contributed by atoms with E-state index >= 15 is 0 Å². The zero-order valence-electron chi connectivity index (χ0n) is 16.3. The number of benzene rings is 2. The number of non-ortho nitro benzene ring substituents is 1. The fourth-order valence-electron chi connectivity index (χ4n) is 3.57. The van der Waals surface area contributed by atoms with Crippen molar-refractivity contribution in [3.63, 3.8) is 0 Å². The number of hydrogen-bond acceptors (Lipinski definition) is 7. The number of piperazine rings is 1. The third-order valence-corrected chi connectivity index (χ3v) is 5.61. The molecule has 31 heavy (non-hydrogen) atoms. The molecule has 1 aliphatic heterocycles. The summed E-state index contributed by atoms with van der Waals surface area (Å²) in [5.74, 6) is 0.867. The fourth-order valence-corrected chi connectivity index (χ4v) is 3.86. The lowest BCUT2D eigenvalue weighted by atomic mass is 10.1. The van der Waals surface area contributed by atoms with Crippen LogP contribution >= 0.6 is 12.2 Å². The van der Waals surface area contributed by atoms with Crippen LogP contribution in [0.1, 0.15) is 5.76 Å². The fraction of sp³-hybridized carbons (Fsp3) is 0.190. The second kappa shape index (κ2) is 8.52. The Morgan fingerprint density at radius 3 is 2.35 bits per heavy atom.